The number of hydrogen-bond acceptors (Lipinski definition) is 6. The highest BCUT2D eigenvalue weighted by molar-refractivity contribution is 6.06. The fraction of sp³-hybridized carbons (Fsp3) is 0.348. The number of pyridine rings is 1. The van der Waals surface area contributed by atoms with E-state index in [2.05, 4.69) is 10.4 Å². The number of nitrogens with one attached hydrogen (secondary N) is 1. The number of ketones is 1. The number of aromatic nitrogens is 3. The van der Waals surface area contributed by atoms with E-state index < -0.39 is 18.5 Å². The summed E-state index contributed by atoms with van der Waals surface area (Å²) in [6, 6.07) is 8.53. The Kier molecular flexibility index (Phi) is 5.54. The number of carbonyl (C=O) groups is 3. The van der Waals surface area contributed by atoms with Crippen LogP contribution in [0.2, 0.25) is 0 Å². The highest BCUT2D eigenvalue weighted by Gasteiger charge is 2.28. The average Bonchev–Trinajstić information content (AvgIpc) is 3.50. The van der Waals surface area contributed by atoms with Crippen molar-refractivity contribution < 1.29 is 19.1 Å². The van der Waals surface area contributed by atoms with E-state index in [9.17, 15) is 14.4 Å². The third-order valence-electron chi connectivity index (χ3n) is 5.21. The summed E-state index contributed by atoms with van der Waals surface area (Å²) >= 11 is 0. The van der Waals surface area contributed by atoms with Gasteiger partial charge in [0, 0.05) is 23.2 Å². The number of fused-ring (bicyclic) bond motifs is 1. The zero-order valence-corrected chi connectivity index (χ0v) is 17.7. The minimum absolute atomic E-state index is 0.0930. The Morgan fingerprint density at radius 3 is 2.61 bits per heavy atom. The predicted molar refractivity (Wildman–Crippen MR) is 115 cm³/mol. The van der Waals surface area contributed by atoms with E-state index >= 15 is 0 Å². The van der Waals surface area contributed by atoms with Gasteiger partial charge in [0.25, 0.3) is 5.91 Å². The Morgan fingerprint density at radius 1 is 1.19 bits per heavy atom. The molecule has 2 heterocycles. The van der Waals surface area contributed by atoms with Crippen LogP contribution in [-0.2, 0) is 9.53 Å². The molecule has 1 aliphatic rings. The highest BCUT2D eigenvalue weighted by atomic mass is 16.5. The maximum Gasteiger partial charge on any atom is 0.339 e. The summed E-state index contributed by atoms with van der Waals surface area (Å²) in [5.74, 6) is -0.945. The molecule has 1 aromatic carbocycles. The Hall–Kier alpha value is -3.55. The molecule has 1 fully saturated rings. The van der Waals surface area contributed by atoms with E-state index in [1.54, 1.807) is 41.2 Å². The Morgan fingerprint density at radius 2 is 1.94 bits per heavy atom. The molecule has 4 rings (SSSR count). The SMILES string of the molecule is CC(=O)c1ccccc1NC(=O)COC(=O)c1cc(C2CC2)nc2c1cnn2C(C)C. The molecule has 1 amide bonds. The van der Waals surface area contributed by atoms with Crippen LogP contribution in [0.25, 0.3) is 11.0 Å². The predicted octanol–water partition coefficient (Wildman–Crippen LogP) is 3.89. The van der Waals surface area contributed by atoms with Crippen molar-refractivity contribution in [2.45, 2.75) is 45.6 Å². The van der Waals surface area contributed by atoms with E-state index in [-0.39, 0.29) is 11.8 Å². The van der Waals surface area contributed by atoms with Crippen LogP contribution < -0.4 is 5.32 Å². The minimum Gasteiger partial charge on any atom is -0.452 e. The van der Waals surface area contributed by atoms with Gasteiger partial charge in [-0.25, -0.2) is 14.5 Å². The van der Waals surface area contributed by atoms with Gasteiger partial charge in [-0.05, 0) is 51.8 Å². The van der Waals surface area contributed by atoms with Gasteiger partial charge in [0.1, 0.15) is 0 Å². The van der Waals surface area contributed by atoms with Gasteiger partial charge in [-0.1, -0.05) is 12.1 Å². The largest absolute Gasteiger partial charge is 0.452 e. The zero-order chi connectivity index (χ0) is 22.1. The molecule has 0 radical (unpaired) electrons. The van der Waals surface area contributed by atoms with Crippen LogP contribution in [0.5, 0.6) is 0 Å². The lowest BCUT2D eigenvalue weighted by molar-refractivity contribution is -0.119. The second-order valence-electron chi connectivity index (χ2n) is 8.02. The Labute approximate surface area is 179 Å². The van der Waals surface area contributed by atoms with Crippen molar-refractivity contribution in [3.05, 3.63) is 53.3 Å². The van der Waals surface area contributed by atoms with E-state index in [1.165, 1.54) is 6.92 Å². The molecule has 0 atom stereocenters. The third-order valence-corrected chi connectivity index (χ3v) is 5.21. The molecule has 0 aliphatic heterocycles. The number of hydrogen-bond donors (Lipinski definition) is 1. The molecule has 8 heteroatoms. The van der Waals surface area contributed by atoms with E-state index in [4.69, 9.17) is 9.72 Å². The summed E-state index contributed by atoms with van der Waals surface area (Å²) < 4.78 is 7.08. The molecule has 0 spiro atoms. The number of rotatable bonds is 7. The minimum atomic E-state index is -0.604. The van der Waals surface area contributed by atoms with E-state index in [0.29, 0.717) is 33.8 Å². The maximum atomic E-state index is 12.8. The molecule has 0 saturated heterocycles. The first-order valence-electron chi connectivity index (χ1n) is 10.3. The topological polar surface area (TPSA) is 103 Å². The Balaban J connectivity index is 1.52. The number of esters is 1. The summed E-state index contributed by atoms with van der Waals surface area (Å²) in [5.41, 5.74) is 2.63. The summed E-state index contributed by atoms with van der Waals surface area (Å²) in [7, 11) is 0. The first-order chi connectivity index (χ1) is 14.8. The van der Waals surface area contributed by atoms with Crippen molar-refractivity contribution in [1.82, 2.24) is 14.8 Å². The van der Waals surface area contributed by atoms with Gasteiger partial charge in [0.05, 0.1) is 22.8 Å². The van der Waals surface area contributed by atoms with Crippen LogP contribution in [0, 0.1) is 0 Å². The lowest BCUT2D eigenvalue weighted by Crippen LogP contribution is -2.22. The molecule has 2 aromatic heterocycles. The summed E-state index contributed by atoms with van der Waals surface area (Å²) in [6.07, 6.45) is 3.69. The molecule has 1 N–H and O–H groups in total. The van der Waals surface area contributed by atoms with Crippen molar-refractivity contribution in [1.29, 1.82) is 0 Å². The number of Topliss-reactive ketones (excluding diaryl/α,β-unsaturated/α-hetero) is 1. The van der Waals surface area contributed by atoms with Crippen molar-refractivity contribution in [3.8, 4) is 0 Å². The molecule has 8 nitrogen and oxygen atoms in total. The molecular weight excluding hydrogens is 396 g/mol. The first-order valence-corrected chi connectivity index (χ1v) is 10.3. The van der Waals surface area contributed by atoms with Gasteiger partial charge >= 0.3 is 5.97 Å². The van der Waals surface area contributed by atoms with Crippen molar-refractivity contribution in [2.24, 2.45) is 0 Å². The lowest BCUT2D eigenvalue weighted by Gasteiger charge is -2.11. The van der Waals surface area contributed by atoms with Gasteiger partial charge in [0.2, 0.25) is 0 Å². The molecule has 160 valence electrons. The Bertz CT molecular complexity index is 1180. The summed E-state index contributed by atoms with van der Waals surface area (Å²) in [5, 5.41) is 7.60. The molecule has 3 aromatic rings. The molecule has 0 unspecified atom stereocenters. The van der Waals surface area contributed by atoms with Crippen LogP contribution >= 0.6 is 0 Å². The quantitative estimate of drug-likeness (QED) is 0.459. The van der Waals surface area contributed by atoms with Crippen molar-refractivity contribution in [2.75, 3.05) is 11.9 Å². The number of para-hydroxylation sites is 1. The number of ether oxygens (including phenoxy) is 1. The standard InChI is InChI=1S/C23H24N4O4/c1-13(2)27-22-18(11-24-27)17(10-20(26-22)15-8-9-15)23(30)31-12-21(29)25-19-7-5-4-6-16(19)14(3)28/h4-7,10-11,13,15H,8-9,12H2,1-3H3,(H,25,29). The normalized spacial score (nSPS) is 13.4. The molecule has 1 aliphatic carbocycles. The lowest BCUT2D eigenvalue weighted by atomic mass is 10.1. The van der Waals surface area contributed by atoms with Gasteiger partial charge in [-0.2, -0.15) is 5.10 Å². The fourth-order valence-electron chi connectivity index (χ4n) is 3.47. The second kappa shape index (κ2) is 8.29. The van der Waals surface area contributed by atoms with Crippen molar-refractivity contribution in [3.63, 3.8) is 0 Å². The number of carbonyl (C=O) groups excluding carboxylic acids is 3. The molecule has 0 bridgehead atoms. The first kappa shape index (κ1) is 20.7. The second-order valence-corrected chi connectivity index (χ2v) is 8.02. The smallest absolute Gasteiger partial charge is 0.339 e. The molecular formula is C23H24N4O4. The van der Waals surface area contributed by atoms with Crippen LogP contribution in [0.1, 0.15) is 72.0 Å². The fourth-order valence-corrected chi connectivity index (χ4v) is 3.47. The highest BCUT2D eigenvalue weighted by Crippen LogP contribution is 2.40. The number of anilines is 1. The number of benzene rings is 1. The molecule has 31 heavy (non-hydrogen) atoms. The van der Waals surface area contributed by atoms with Crippen LogP contribution in [-0.4, -0.2) is 39.0 Å². The van der Waals surface area contributed by atoms with Gasteiger partial charge < -0.3 is 10.1 Å². The van der Waals surface area contributed by atoms with Crippen LogP contribution in [0.4, 0.5) is 5.69 Å². The van der Waals surface area contributed by atoms with Gasteiger partial charge in [-0.3, -0.25) is 9.59 Å². The van der Waals surface area contributed by atoms with E-state index in [0.717, 1.165) is 18.5 Å². The van der Waals surface area contributed by atoms with Crippen LogP contribution in [0.15, 0.2) is 36.5 Å². The van der Waals surface area contributed by atoms with E-state index in [1.807, 2.05) is 13.8 Å². The number of amides is 1. The molecule has 1 saturated carbocycles. The van der Waals surface area contributed by atoms with Gasteiger partial charge in [0.15, 0.2) is 18.0 Å². The number of nitrogens with zero attached hydrogens (tertiary/aromatic N) is 3. The van der Waals surface area contributed by atoms with Gasteiger partial charge in [-0.15, -0.1) is 0 Å². The average molecular weight is 420 g/mol. The summed E-state index contributed by atoms with van der Waals surface area (Å²) in [6.45, 7) is 4.96. The third kappa shape index (κ3) is 4.33. The maximum absolute atomic E-state index is 12.8. The van der Waals surface area contributed by atoms with Crippen LogP contribution in [0.3, 0.4) is 0 Å². The zero-order valence-electron chi connectivity index (χ0n) is 17.7. The van der Waals surface area contributed by atoms with Crippen molar-refractivity contribution >= 4 is 34.4 Å². The monoisotopic (exact) mass is 420 g/mol. The summed E-state index contributed by atoms with van der Waals surface area (Å²) in [4.78, 5) is 41.6.